The van der Waals surface area contributed by atoms with Crippen LogP contribution in [-0.4, -0.2) is 58.2 Å². The number of hydrogen-bond acceptors (Lipinski definition) is 8. The minimum absolute atomic E-state index is 0.108. The Morgan fingerprint density at radius 1 is 1.06 bits per heavy atom. The van der Waals surface area contributed by atoms with E-state index in [2.05, 4.69) is 15.0 Å². The highest BCUT2D eigenvalue weighted by molar-refractivity contribution is 5.77. The molecule has 34 heavy (non-hydrogen) atoms. The Morgan fingerprint density at radius 3 is 2.56 bits per heavy atom. The average molecular weight is 461 g/mol. The first-order chi connectivity index (χ1) is 16.6. The van der Waals surface area contributed by atoms with Crippen molar-refractivity contribution < 1.29 is 14.2 Å². The van der Waals surface area contributed by atoms with Crippen molar-refractivity contribution in [1.82, 2.24) is 24.7 Å². The zero-order valence-electron chi connectivity index (χ0n) is 19.6. The van der Waals surface area contributed by atoms with Gasteiger partial charge in [-0.2, -0.15) is 5.10 Å². The van der Waals surface area contributed by atoms with Gasteiger partial charge in [-0.05, 0) is 31.4 Å². The molecule has 0 saturated carbocycles. The van der Waals surface area contributed by atoms with Crippen molar-refractivity contribution in [2.24, 2.45) is 7.05 Å². The van der Waals surface area contributed by atoms with Crippen LogP contribution >= 0.6 is 0 Å². The Labute approximate surface area is 198 Å². The second-order valence-corrected chi connectivity index (χ2v) is 8.34. The molecule has 9 heteroatoms. The highest BCUT2D eigenvalue weighted by Gasteiger charge is 2.22. The molecule has 1 fully saturated rings. The molecule has 1 unspecified atom stereocenters. The van der Waals surface area contributed by atoms with E-state index in [9.17, 15) is 0 Å². The fraction of sp³-hybridized carbons (Fsp3) is 0.360. The molecule has 0 amide bonds. The number of fused-ring (bicyclic) bond motifs is 1. The first-order valence-electron chi connectivity index (χ1n) is 11.4. The number of anilines is 2. The summed E-state index contributed by atoms with van der Waals surface area (Å²) >= 11 is 0. The standard InChI is InChI=1S/C25H28N6O3/c1-30-15-17(13-27-30)23-14-26-22-7-8-24(29-25(22)28-23)31(16-19-6-4-5-9-34-19)18-10-20(32-2)12-21(11-18)33-3/h7-8,10-15,19H,4-6,9,16H2,1-3H3. The van der Waals surface area contributed by atoms with Gasteiger partial charge in [-0.15, -0.1) is 0 Å². The quantitative estimate of drug-likeness (QED) is 0.407. The van der Waals surface area contributed by atoms with Crippen molar-refractivity contribution >= 4 is 22.7 Å². The van der Waals surface area contributed by atoms with Crippen molar-refractivity contribution in [3.8, 4) is 22.8 Å². The number of aromatic nitrogens is 5. The van der Waals surface area contributed by atoms with E-state index in [4.69, 9.17) is 24.2 Å². The van der Waals surface area contributed by atoms with Crippen LogP contribution in [-0.2, 0) is 11.8 Å². The summed E-state index contributed by atoms with van der Waals surface area (Å²) in [5.41, 5.74) is 3.84. The Morgan fingerprint density at radius 2 is 1.88 bits per heavy atom. The number of hydrogen-bond donors (Lipinski definition) is 0. The van der Waals surface area contributed by atoms with Crippen LogP contribution in [0.15, 0.2) is 48.9 Å². The molecule has 0 spiro atoms. The topological polar surface area (TPSA) is 87.4 Å². The summed E-state index contributed by atoms with van der Waals surface area (Å²) in [6.07, 6.45) is 8.81. The van der Waals surface area contributed by atoms with Gasteiger partial charge in [-0.25, -0.2) is 9.97 Å². The molecular weight excluding hydrogens is 432 g/mol. The summed E-state index contributed by atoms with van der Waals surface area (Å²) in [6.45, 7) is 1.44. The highest BCUT2D eigenvalue weighted by Crippen LogP contribution is 2.34. The molecule has 5 rings (SSSR count). The van der Waals surface area contributed by atoms with E-state index in [0.717, 1.165) is 54.1 Å². The number of benzene rings is 1. The van der Waals surface area contributed by atoms with Crippen LogP contribution in [0.1, 0.15) is 19.3 Å². The molecule has 176 valence electrons. The van der Waals surface area contributed by atoms with Gasteiger partial charge < -0.3 is 19.1 Å². The summed E-state index contributed by atoms with van der Waals surface area (Å²) < 4.78 is 18.8. The third kappa shape index (κ3) is 4.65. The van der Waals surface area contributed by atoms with Gasteiger partial charge in [0.25, 0.3) is 0 Å². The largest absolute Gasteiger partial charge is 0.497 e. The number of aryl methyl sites for hydroxylation is 1. The molecule has 0 N–H and O–H groups in total. The van der Waals surface area contributed by atoms with Crippen LogP contribution in [0.2, 0.25) is 0 Å². The van der Waals surface area contributed by atoms with Crippen LogP contribution in [0.3, 0.4) is 0 Å². The van der Waals surface area contributed by atoms with Gasteiger partial charge >= 0.3 is 0 Å². The maximum atomic E-state index is 6.06. The van der Waals surface area contributed by atoms with Crippen molar-refractivity contribution in [1.29, 1.82) is 0 Å². The summed E-state index contributed by atoms with van der Waals surface area (Å²) in [5, 5.41) is 4.24. The zero-order valence-corrected chi connectivity index (χ0v) is 19.6. The molecule has 4 heterocycles. The lowest BCUT2D eigenvalue weighted by atomic mass is 10.1. The average Bonchev–Trinajstić information content (AvgIpc) is 3.33. The number of pyridine rings is 1. The minimum atomic E-state index is 0.108. The van der Waals surface area contributed by atoms with Crippen molar-refractivity contribution in [3.05, 3.63) is 48.9 Å². The molecule has 1 atom stereocenters. The summed E-state index contributed by atoms with van der Waals surface area (Å²) in [6, 6.07) is 9.74. The SMILES string of the molecule is COc1cc(OC)cc(N(CC2CCCCO2)c2ccc3ncc(-c4cnn(C)c4)nc3n2)c1. The van der Waals surface area contributed by atoms with Crippen molar-refractivity contribution in [2.75, 3.05) is 32.3 Å². The van der Waals surface area contributed by atoms with Crippen LogP contribution in [0.5, 0.6) is 11.5 Å². The van der Waals surface area contributed by atoms with E-state index in [0.29, 0.717) is 23.7 Å². The second-order valence-electron chi connectivity index (χ2n) is 8.34. The van der Waals surface area contributed by atoms with Gasteiger partial charge in [0.05, 0.1) is 45.0 Å². The lowest BCUT2D eigenvalue weighted by Crippen LogP contribution is -2.33. The minimum Gasteiger partial charge on any atom is -0.497 e. The van der Waals surface area contributed by atoms with Gasteiger partial charge in [0.15, 0.2) is 5.65 Å². The molecule has 1 aliphatic heterocycles. The smallest absolute Gasteiger partial charge is 0.180 e. The Balaban J connectivity index is 1.57. The molecule has 1 aliphatic rings. The third-order valence-electron chi connectivity index (χ3n) is 5.98. The fourth-order valence-electron chi connectivity index (χ4n) is 4.17. The monoisotopic (exact) mass is 460 g/mol. The molecule has 0 radical (unpaired) electrons. The Kier molecular flexibility index (Phi) is 6.27. The second kappa shape index (κ2) is 9.64. The third-order valence-corrected chi connectivity index (χ3v) is 5.98. The van der Waals surface area contributed by atoms with Gasteiger partial charge in [-0.3, -0.25) is 9.67 Å². The molecule has 0 aliphatic carbocycles. The Bertz CT molecular complexity index is 1260. The van der Waals surface area contributed by atoms with Gasteiger partial charge in [-0.1, -0.05) is 0 Å². The first-order valence-corrected chi connectivity index (χ1v) is 11.4. The lowest BCUT2D eigenvalue weighted by molar-refractivity contribution is 0.0221. The number of rotatable bonds is 7. The zero-order chi connectivity index (χ0) is 23.5. The fourth-order valence-corrected chi connectivity index (χ4v) is 4.17. The van der Waals surface area contributed by atoms with Crippen LogP contribution in [0, 0.1) is 0 Å². The number of ether oxygens (including phenoxy) is 3. The number of nitrogens with zero attached hydrogens (tertiary/aromatic N) is 6. The van der Waals surface area contributed by atoms with Crippen molar-refractivity contribution in [3.63, 3.8) is 0 Å². The normalized spacial score (nSPS) is 15.9. The van der Waals surface area contributed by atoms with Gasteiger partial charge in [0.2, 0.25) is 0 Å². The molecule has 1 saturated heterocycles. The van der Waals surface area contributed by atoms with Crippen LogP contribution < -0.4 is 14.4 Å². The molecule has 3 aromatic heterocycles. The van der Waals surface area contributed by atoms with Gasteiger partial charge in [0, 0.05) is 49.3 Å². The van der Waals surface area contributed by atoms with Crippen molar-refractivity contribution in [2.45, 2.75) is 25.4 Å². The maximum absolute atomic E-state index is 6.06. The summed E-state index contributed by atoms with van der Waals surface area (Å²) in [4.78, 5) is 16.4. The predicted molar refractivity (Wildman–Crippen MR) is 130 cm³/mol. The molecular formula is C25H28N6O3. The Hall–Kier alpha value is -3.72. The van der Waals surface area contributed by atoms with E-state index in [1.54, 1.807) is 31.3 Å². The number of methoxy groups -OCH3 is 2. The van der Waals surface area contributed by atoms with E-state index in [1.165, 1.54) is 0 Å². The molecule has 1 aromatic carbocycles. The van der Waals surface area contributed by atoms with E-state index in [-0.39, 0.29) is 6.10 Å². The summed E-state index contributed by atoms with van der Waals surface area (Å²) in [5.74, 6) is 2.18. The van der Waals surface area contributed by atoms with Crippen LogP contribution in [0.25, 0.3) is 22.4 Å². The predicted octanol–water partition coefficient (Wildman–Crippen LogP) is 4.15. The first kappa shape index (κ1) is 22.1. The molecule has 4 aromatic rings. The lowest BCUT2D eigenvalue weighted by Gasteiger charge is -2.31. The van der Waals surface area contributed by atoms with E-state index in [1.807, 2.05) is 43.6 Å². The molecule has 0 bridgehead atoms. The van der Waals surface area contributed by atoms with E-state index >= 15 is 0 Å². The summed E-state index contributed by atoms with van der Waals surface area (Å²) in [7, 11) is 5.18. The van der Waals surface area contributed by atoms with Crippen LogP contribution in [0.4, 0.5) is 11.5 Å². The van der Waals surface area contributed by atoms with E-state index < -0.39 is 0 Å². The maximum Gasteiger partial charge on any atom is 0.180 e. The molecule has 9 nitrogen and oxygen atoms in total. The van der Waals surface area contributed by atoms with Gasteiger partial charge in [0.1, 0.15) is 22.8 Å². The highest BCUT2D eigenvalue weighted by atomic mass is 16.5.